The Balaban J connectivity index is 1.21. The van der Waals surface area contributed by atoms with Gasteiger partial charge in [0, 0.05) is 19.1 Å². The molecule has 3 saturated carbocycles. The first kappa shape index (κ1) is 29.0. The molecule has 196 valence electrons. The van der Waals surface area contributed by atoms with Gasteiger partial charge in [-0.2, -0.15) is 0 Å². The molecule has 0 radical (unpaired) electrons. The van der Waals surface area contributed by atoms with Gasteiger partial charge in [-0.1, -0.05) is 84.3 Å². The van der Waals surface area contributed by atoms with E-state index in [-0.39, 0.29) is 5.92 Å². The molecule has 0 saturated heterocycles. The van der Waals surface area contributed by atoms with Crippen molar-refractivity contribution in [2.24, 2.45) is 23.7 Å². The lowest BCUT2D eigenvalue weighted by Gasteiger charge is -2.35. The van der Waals surface area contributed by atoms with Gasteiger partial charge in [-0.3, -0.25) is 4.79 Å². The Morgan fingerprint density at radius 1 is 0.735 bits per heavy atom. The van der Waals surface area contributed by atoms with E-state index in [0.717, 1.165) is 69.8 Å². The van der Waals surface area contributed by atoms with Crippen molar-refractivity contribution in [1.29, 1.82) is 0 Å². The van der Waals surface area contributed by atoms with Crippen molar-refractivity contribution in [2.75, 3.05) is 13.2 Å². The molecule has 3 aliphatic rings. The van der Waals surface area contributed by atoms with E-state index in [1.807, 2.05) is 6.08 Å². The van der Waals surface area contributed by atoms with Gasteiger partial charge in [0.2, 0.25) is 0 Å². The fourth-order valence-corrected chi connectivity index (χ4v) is 7.36. The van der Waals surface area contributed by atoms with Crippen LogP contribution in [0.4, 0.5) is 0 Å². The molecule has 0 amide bonds. The van der Waals surface area contributed by atoms with Gasteiger partial charge < -0.3 is 9.16 Å². The SMILES string of the molecule is O=C(C=CC1CCC(C2CCCCC2)CC1)C1CCC(OCCCCCCO[Si](Cl)(Cl)Cl)CC1. The Hall–Kier alpha value is 0.417. The fourth-order valence-electron chi connectivity index (χ4n) is 6.29. The molecule has 3 rings (SSSR count). The van der Waals surface area contributed by atoms with Crippen LogP contribution in [0.25, 0.3) is 0 Å². The van der Waals surface area contributed by atoms with Crippen LogP contribution in [-0.4, -0.2) is 31.3 Å². The van der Waals surface area contributed by atoms with Crippen LogP contribution < -0.4 is 0 Å². The molecule has 3 fully saturated rings. The summed E-state index contributed by atoms with van der Waals surface area (Å²) < 4.78 is 11.3. The van der Waals surface area contributed by atoms with E-state index in [0.29, 0.717) is 24.4 Å². The molecule has 3 nitrogen and oxygen atoms in total. The zero-order valence-corrected chi connectivity index (χ0v) is 24.1. The Bertz CT molecular complexity index is 603. The normalized spacial score (nSPS) is 29.5. The van der Waals surface area contributed by atoms with Gasteiger partial charge in [-0.05, 0) is 88.0 Å². The monoisotopic (exact) mass is 550 g/mol. The Morgan fingerprint density at radius 2 is 1.35 bits per heavy atom. The maximum atomic E-state index is 12.7. The van der Waals surface area contributed by atoms with Crippen molar-refractivity contribution in [3.05, 3.63) is 12.2 Å². The summed E-state index contributed by atoms with van der Waals surface area (Å²) in [6.07, 6.45) is 22.3. The Kier molecular flexibility index (Phi) is 13.3. The number of hydrogen-bond donors (Lipinski definition) is 0. The summed E-state index contributed by atoms with van der Waals surface area (Å²) in [6.45, 7) is 1.32. The molecule has 0 heterocycles. The smallest absolute Gasteiger partial charge is 0.381 e. The highest BCUT2D eigenvalue weighted by Gasteiger charge is 2.29. The highest BCUT2D eigenvalue weighted by molar-refractivity contribution is 7.62. The average molecular weight is 552 g/mol. The van der Waals surface area contributed by atoms with E-state index in [1.165, 1.54) is 57.8 Å². The molecule has 0 bridgehead atoms. The third-order valence-corrected chi connectivity index (χ3v) is 9.91. The van der Waals surface area contributed by atoms with Crippen molar-refractivity contribution < 1.29 is 14.0 Å². The van der Waals surface area contributed by atoms with Gasteiger partial charge in [0.25, 0.3) is 0 Å². The first-order valence-corrected chi connectivity index (χ1v) is 18.9. The fraction of sp³-hybridized carbons (Fsp3) is 0.889. The Labute approximate surface area is 222 Å². The van der Waals surface area contributed by atoms with Gasteiger partial charge >= 0.3 is 6.25 Å². The molecule has 0 aromatic carbocycles. The topological polar surface area (TPSA) is 35.5 Å². The zero-order chi connectivity index (χ0) is 24.2. The minimum atomic E-state index is -2.93. The number of rotatable bonds is 13. The van der Waals surface area contributed by atoms with Crippen molar-refractivity contribution >= 4 is 45.3 Å². The predicted molar refractivity (Wildman–Crippen MR) is 146 cm³/mol. The summed E-state index contributed by atoms with van der Waals surface area (Å²) in [5.74, 6) is 3.14. The molecule has 0 aromatic heterocycles. The number of carbonyl (C=O) groups is 1. The summed E-state index contributed by atoms with van der Waals surface area (Å²) in [5.41, 5.74) is 0. The van der Waals surface area contributed by atoms with Crippen molar-refractivity contribution in [3.8, 4) is 0 Å². The molecule has 0 aromatic rings. The number of ketones is 1. The van der Waals surface area contributed by atoms with Crippen LogP contribution >= 0.6 is 33.2 Å². The molecule has 0 N–H and O–H groups in total. The number of unbranched alkanes of at least 4 members (excludes halogenated alkanes) is 3. The van der Waals surface area contributed by atoms with Gasteiger partial charge in [0.1, 0.15) is 0 Å². The van der Waals surface area contributed by atoms with E-state index in [9.17, 15) is 4.79 Å². The molecular weight excluding hydrogens is 507 g/mol. The molecule has 0 unspecified atom stereocenters. The molecule has 0 aliphatic heterocycles. The summed E-state index contributed by atoms with van der Waals surface area (Å²) in [4.78, 5) is 12.7. The Morgan fingerprint density at radius 3 is 2.00 bits per heavy atom. The first-order chi connectivity index (χ1) is 16.4. The molecular formula is C27H45Cl3O3Si. The van der Waals surface area contributed by atoms with Crippen LogP contribution in [0.1, 0.15) is 109 Å². The molecule has 3 aliphatic carbocycles. The van der Waals surface area contributed by atoms with Crippen LogP contribution in [-0.2, 0) is 14.0 Å². The van der Waals surface area contributed by atoms with E-state index in [4.69, 9.17) is 42.4 Å². The lowest BCUT2D eigenvalue weighted by molar-refractivity contribution is -0.120. The third-order valence-electron chi connectivity index (χ3n) is 8.40. The van der Waals surface area contributed by atoms with Crippen molar-refractivity contribution in [2.45, 2.75) is 115 Å². The van der Waals surface area contributed by atoms with E-state index >= 15 is 0 Å². The highest BCUT2D eigenvalue weighted by atomic mass is 35.8. The van der Waals surface area contributed by atoms with Crippen LogP contribution in [0.3, 0.4) is 0 Å². The lowest BCUT2D eigenvalue weighted by Crippen LogP contribution is -2.26. The van der Waals surface area contributed by atoms with E-state index in [2.05, 4.69) is 6.08 Å². The number of ether oxygens (including phenoxy) is 1. The van der Waals surface area contributed by atoms with Gasteiger partial charge in [0.05, 0.1) is 6.10 Å². The minimum absolute atomic E-state index is 0.205. The second-order valence-electron chi connectivity index (χ2n) is 10.9. The maximum absolute atomic E-state index is 12.7. The minimum Gasteiger partial charge on any atom is -0.381 e. The van der Waals surface area contributed by atoms with Crippen molar-refractivity contribution in [1.82, 2.24) is 0 Å². The number of carbonyl (C=O) groups excluding carboxylic acids is 1. The molecule has 0 spiro atoms. The lowest BCUT2D eigenvalue weighted by atomic mass is 9.71. The van der Waals surface area contributed by atoms with Gasteiger partial charge in [-0.25, -0.2) is 0 Å². The second-order valence-corrected chi connectivity index (χ2v) is 18.6. The summed E-state index contributed by atoms with van der Waals surface area (Å²) in [5, 5.41) is 0. The quantitative estimate of drug-likeness (QED) is 0.0992. The summed E-state index contributed by atoms with van der Waals surface area (Å²) >= 11 is 17.1. The second kappa shape index (κ2) is 15.6. The van der Waals surface area contributed by atoms with Gasteiger partial charge in [-0.15, -0.1) is 0 Å². The standard InChI is InChI=1S/C27H45Cl3O3Si/c28-34(29,30)33-21-7-2-1-6-20-32-26-17-15-25(16-18-26)27(31)19-12-22-10-13-24(14-11-22)23-8-4-3-5-9-23/h12,19,22-26H,1-11,13-18,20-21H2. The molecule has 0 atom stereocenters. The van der Waals surface area contributed by atoms with Crippen LogP contribution in [0, 0.1) is 23.7 Å². The number of allylic oxidation sites excluding steroid dienone is 2. The van der Waals surface area contributed by atoms with Crippen molar-refractivity contribution in [3.63, 3.8) is 0 Å². The summed E-state index contributed by atoms with van der Waals surface area (Å²) in [7, 11) is 0. The number of hydrogen-bond acceptors (Lipinski definition) is 3. The average Bonchev–Trinajstić information content (AvgIpc) is 2.85. The molecule has 7 heteroatoms. The summed E-state index contributed by atoms with van der Waals surface area (Å²) in [6, 6.07) is 0. The van der Waals surface area contributed by atoms with Gasteiger partial charge in [0.15, 0.2) is 5.78 Å². The highest BCUT2D eigenvalue weighted by Crippen LogP contribution is 2.40. The maximum Gasteiger partial charge on any atom is 0.493 e. The largest absolute Gasteiger partial charge is 0.493 e. The van der Waals surface area contributed by atoms with Crippen LogP contribution in [0.15, 0.2) is 12.2 Å². The van der Waals surface area contributed by atoms with Crippen LogP contribution in [0.2, 0.25) is 0 Å². The zero-order valence-electron chi connectivity index (χ0n) is 20.8. The third kappa shape index (κ3) is 11.2. The van der Waals surface area contributed by atoms with E-state index in [1.54, 1.807) is 0 Å². The van der Waals surface area contributed by atoms with Crippen LogP contribution in [0.5, 0.6) is 0 Å². The predicted octanol–water partition coefficient (Wildman–Crippen LogP) is 8.80. The van der Waals surface area contributed by atoms with E-state index < -0.39 is 6.25 Å². The number of halogens is 3. The molecule has 34 heavy (non-hydrogen) atoms. The first-order valence-electron chi connectivity index (χ1n) is 13.9.